The second kappa shape index (κ2) is 2.90. The van der Waals surface area contributed by atoms with E-state index in [1.165, 1.54) is 0 Å². The Morgan fingerprint density at radius 1 is 1.33 bits per heavy atom. The fourth-order valence-corrected chi connectivity index (χ4v) is 1.27. The van der Waals surface area contributed by atoms with Crippen molar-refractivity contribution in [2.45, 2.75) is 0 Å². The van der Waals surface area contributed by atoms with Gasteiger partial charge in [-0.15, -0.1) is 0 Å². The first-order valence-electron chi connectivity index (χ1n) is 3.68. The summed E-state index contributed by atoms with van der Waals surface area (Å²) < 4.78 is 5.11. The molecular formula is C8H9NO2Si. The highest BCUT2D eigenvalue weighted by Gasteiger charge is 2.08. The molecule has 1 aromatic carbocycles. The van der Waals surface area contributed by atoms with Crippen LogP contribution in [0.2, 0.25) is 0 Å². The average Bonchev–Trinajstić information content (AvgIpc) is 2.17. The number of hydrogen-bond acceptors (Lipinski definition) is 3. The molecule has 0 spiro atoms. The summed E-state index contributed by atoms with van der Waals surface area (Å²) in [6, 6.07) is 7.79. The highest BCUT2D eigenvalue weighted by molar-refractivity contribution is 5.99. The fraction of sp³-hybridized carbons (Fsp3) is 0. The molecule has 0 saturated heterocycles. The van der Waals surface area contributed by atoms with Crippen molar-refractivity contribution in [1.29, 1.82) is 0 Å². The molecule has 3 nitrogen and oxygen atoms in total. The molecule has 12 heavy (non-hydrogen) atoms. The second-order valence-corrected chi connectivity index (χ2v) is 2.86. The molecule has 1 aliphatic rings. The summed E-state index contributed by atoms with van der Waals surface area (Å²) in [6.45, 7) is 0. The zero-order valence-corrected chi connectivity index (χ0v) is 8.70. The molecule has 0 saturated carbocycles. The lowest BCUT2D eigenvalue weighted by Gasteiger charge is -2.17. The number of benzene rings is 1. The monoisotopic (exact) mass is 179 g/mol. The van der Waals surface area contributed by atoms with Gasteiger partial charge in [-0.25, -0.2) is 0 Å². The minimum absolute atomic E-state index is 0.661. The van der Waals surface area contributed by atoms with E-state index in [9.17, 15) is 0 Å². The molecule has 0 unspecified atom stereocenters. The van der Waals surface area contributed by atoms with E-state index >= 15 is 0 Å². The van der Waals surface area contributed by atoms with Gasteiger partial charge < -0.3 is 9.26 Å². The maximum absolute atomic E-state index is 5.21. The fourth-order valence-electron chi connectivity index (χ4n) is 1.07. The molecule has 62 valence electrons. The molecule has 1 heterocycles. The summed E-state index contributed by atoms with van der Waals surface area (Å²) in [5.41, 5.74) is 3.74. The van der Waals surface area contributed by atoms with Crippen LogP contribution in [0.1, 0.15) is 5.56 Å². The van der Waals surface area contributed by atoms with Gasteiger partial charge in [-0.2, -0.15) is 5.48 Å². The predicted molar refractivity (Wildman–Crippen MR) is 49.2 cm³/mol. The van der Waals surface area contributed by atoms with Gasteiger partial charge in [0.05, 0.1) is 0 Å². The van der Waals surface area contributed by atoms with Crippen molar-refractivity contribution in [2.75, 3.05) is 0 Å². The van der Waals surface area contributed by atoms with Gasteiger partial charge in [-0.1, -0.05) is 18.2 Å². The minimum Gasteiger partial charge on any atom is -0.540 e. The summed E-state index contributed by atoms with van der Waals surface area (Å²) >= 11 is 0. The molecule has 4 heteroatoms. The van der Waals surface area contributed by atoms with E-state index < -0.39 is 0 Å². The highest BCUT2D eigenvalue weighted by Crippen LogP contribution is 2.23. The molecular weight excluding hydrogens is 170 g/mol. The topological polar surface area (TPSA) is 30.5 Å². The van der Waals surface area contributed by atoms with Crippen LogP contribution in [0.15, 0.2) is 30.1 Å². The van der Waals surface area contributed by atoms with Gasteiger partial charge in [-0.3, -0.25) is 0 Å². The van der Waals surface area contributed by atoms with Gasteiger partial charge in [-0.05, 0) is 6.07 Å². The Morgan fingerprint density at radius 2 is 2.17 bits per heavy atom. The average molecular weight is 179 g/mol. The lowest BCUT2D eigenvalue weighted by Crippen LogP contribution is -2.22. The van der Waals surface area contributed by atoms with Crippen LogP contribution in [0.3, 0.4) is 0 Å². The van der Waals surface area contributed by atoms with Crippen LogP contribution in [0.5, 0.6) is 5.75 Å². The lowest BCUT2D eigenvalue weighted by molar-refractivity contribution is 0.174. The number of fused-ring (bicyclic) bond motifs is 1. The van der Waals surface area contributed by atoms with E-state index in [2.05, 4.69) is 5.48 Å². The van der Waals surface area contributed by atoms with Crippen LogP contribution in [-0.4, -0.2) is 10.5 Å². The molecule has 1 aromatic rings. The molecule has 2 rings (SSSR count). The SMILES string of the molecule is [SiH3]OC1=Cc2ccccc2ON1. The zero-order valence-electron chi connectivity index (χ0n) is 6.70. The third-order valence-corrected chi connectivity index (χ3v) is 2.13. The van der Waals surface area contributed by atoms with E-state index in [1.807, 2.05) is 30.3 Å². The quantitative estimate of drug-likeness (QED) is 0.624. The highest BCUT2D eigenvalue weighted by atomic mass is 28.2. The van der Waals surface area contributed by atoms with Crippen molar-refractivity contribution in [3.05, 3.63) is 35.7 Å². The van der Waals surface area contributed by atoms with E-state index in [4.69, 9.17) is 9.26 Å². The van der Waals surface area contributed by atoms with Gasteiger partial charge in [0.1, 0.15) is 0 Å². The molecule has 0 fully saturated rings. The Kier molecular flexibility index (Phi) is 1.75. The first-order chi connectivity index (χ1) is 5.90. The van der Waals surface area contributed by atoms with E-state index in [0.29, 0.717) is 16.4 Å². The lowest BCUT2D eigenvalue weighted by atomic mass is 10.2. The largest absolute Gasteiger partial charge is 0.540 e. The maximum Gasteiger partial charge on any atom is 0.206 e. The molecule has 1 aliphatic heterocycles. The van der Waals surface area contributed by atoms with Gasteiger partial charge in [0.25, 0.3) is 0 Å². The third kappa shape index (κ3) is 1.16. The van der Waals surface area contributed by atoms with Crippen LogP contribution >= 0.6 is 0 Å². The first kappa shape index (κ1) is 7.24. The Bertz CT molecular complexity index is 325. The second-order valence-electron chi connectivity index (χ2n) is 2.45. The Morgan fingerprint density at radius 3 is 3.00 bits per heavy atom. The van der Waals surface area contributed by atoms with Crippen molar-refractivity contribution in [2.24, 2.45) is 0 Å². The normalized spacial score (nSPS) is 13.8. The summed E-state index contributed by atoms with van der Waals surface area (Å²) in [4.78, 5) is 5.21. The Hall–Kier alpha value is -1.42. The molecule has 0 aliphatic carbocycles. The summed E-state index contributed by atoms with van der Waals surface area (Å²) in [5, 5.41) is 0. The van der Waals surface area contributed by atoms with Gasteiger partial charge >= 0.3 is 0 Å². The number of para-hydroxylation sites is 1. The van der Waals surface area contributed by atoms with Crippen molar-refractivity contribution in [3.63, 3.8) is 0 Å². The smallest absolute Gasteiger partial charge is 0.206 e. The zero-order chi connectivity index (χ0) is 8.39. The van der Waals surface area contributed by atoms with Crippen LogP contribution in [-0.2, 0) is 4.43 Å². The summed E-state index contributed by atoms with van der Waals surface area (Å²) in [6.07, 6.45) is 1.92. The predicted octanol–water partition coefficient (Wildman–Crippen LogP) is 0.179. The number of hydroxylamine groups is 1. The Balaban J connectivity index is 2.41. The molecule has 0 atom stereocenters. The Labute approximate surface area is 73.5 Å². The standard InChI is InChI=1S/C8H9NO2Si/c12-11-8-5-6-3-1-2-4-7(6)10-9-8/h1-5,9H,12H3. The molecule has 0 aromatic heterocycles. The van der Waals surface area contributed by atoms with Gasteiger partial charge in [0, 0.05) is 11.6 Å². The van der Waals surface area contributed by atoms with Gasteiger partial charge in [0.15, 0.2) is 5.75 Å². The van der Waals surface area contributed by atoms with Crippen LogP contribution in [0.4, 0.5) is 0 Å². The minimum atomic E-state index is 0.661. The number of hydrogen-bond donors (Lipinski definition) is 1. The number of nitrogens with one attached hydrogen (secondary N) is 1. The maximum atomic E-state index is 5.21. The van der Waals surface area contributed by atoms with Crippen molar-refractivity contribution < 1.29 is 9.26 Å². The van der Waals surface area contributed by atoms with Crippen LogP contribution in [0.25, 0.3) is 6.08 Å². The molecule has 1 N–H and O–H groups in total. The van der Waals surface area contributed by atoms with E-state index in [-0.39, 0.29) is 0 Å². The molecule has 0 bridgehead atoms. The summed E-state index contributed by atoms with van der Waals surface area (Å²) in [5.74, 6) is 1.51. The van der Waals surface area contributed by atoms with Crippen molar-refractivity contribution in [3.8, 4) is 5.75 Å². The van der Waals surface area contributed by atoms with Crippen LogP contribution < -0.4 is 10.3 Å². The molecule has 0 radical (unpaired) electrons. The van der Waals surface area contributed by atoms with Crippen LogP contribution in [0, 0.1) is 0 Å². The van der Waals surface area contributed by atoms with E-state index in [0.717, 1.165) is 11.3 Å². The molecule has 0 amide bonds. The first-order valence-corrected chi connectivity index (χ1v) is 4.49. The van der Waals surface area contributed by atoms with Crippen molar-refractivity contribution in [1.82, 2.24) is 5.48 Å². The van der Waals surface area contributed by atoms with Gasteiger partial charge in [0.2, 0.25) is 16.4 Å². The van der Waals surface area contributed by atoms with E-state index in [1.54, 1.807) is 0 Å². The summed E-state index contributed by atoms with van der Waals surface area (Å²) in [7, 11) is 0.661. The number of rotatable bonds is 1. The third-order valence-electron chi connectivity index (χ3n) is 1.69. The van der Waals surface area contributed by atoms with Crippen molar-refractivity contribution >= 4 is 16.6 Å².